The lowest BCUT2D eigenvalue weighted by atomic mass is 9.90. The van der Waals surface area contributed by atoms with Crippen LogP contribution in [0.3, 0.4) is 0 Å². The number of nitrogens with zero attached hydrogens (tertiary/aromatic N) is 2. The number of aromatic nitrogens is 2. The molecule has 3 aromatic rings. The van der Waals surface area contributed by atoms with E-state index in [1.807, 2.05) is 26.8 Å². The van der Waals surface area contributed by atoms with Gasteiger partial charge in [0.2, 0.25) is 15.6 Å². The van der Waals surface area contributed by atoms with Gasteiger partial charge < -0.3 is 14.3 Å². The van der Waals surface area contributed by atoms with Crippen molar-refractivity contribution in [3.05, 3.63) is 58.5 Å². The van der Waals surface area contributed by atoms with Crippen molar-refractivity contribution in [2.45, 2.75) is 57.1 Å². The largest absolute Gasteiger partial charge is 0.491 e. The first-order valence-electron chi connectivity index (χ1n) is 10.8. The molecule has 0 atom stereocenters. The minimum atomic E-state index is -3.54. The van der Waals surface area contributed by atoms with Crippen LogP contribution in [0.2, 0.25) is 0 Å². The Bertz CT molecular complexity index is 1220. The van der Waals surface area contributed by atoms with Gasteiger partial charge in [-0.05, 0) is 75.4 Å². The van der Waals surface area contributed by atoms with Crippen molar-refractivity contribution in [1.82, 2.24) is 13.9 Å². The quantitative estimate of drug-likeness (QED) is 0.630. The zero-order valence-electron chi connectivity index (χ0n) is 18.2. The van der Waals surface area contributed by atoms with Crippen LogP contribution in [0.15, 0.2) is 52.3 Å². The Morgan fingerprint density at radius 1 is 1.10 bits per heavy atom. The highest BCUT2D eigenvalue weighted by Crippen LogP contribution is 2.35. The first-order valence-corrected chi connectivity index (χ1v) is 12.2. The average molecular weight is 444 g/mol. The molecule has 8 heteroatoms. The lowest BCUT2D eigenvalue weighted by Gasteiger charge is -2.31. The standard InChI is InChI=1S/C23H29N3O4S/c1-4-25-15-21(20-9-10-22(27)24-23(20)25)17-11-13-26(14-12-17)31(28,29)19-7-5-18(6-8-19)30-16(2)3/h5-10,15-17H,4,11-14H2,1-3H3,(H,24,27). The molecule has 0 spiro atoms. The number of rotatable bonds is 6. The molecular weight excluding hydrogens is 414 g/mol. The van der Waals surface area contributed by atoms with Crippen molar-refractivity contribution in [2.24, 2.45) is 0 Å². The van der Waals surface area contributed by atoms with Gasteiger partial charge in [-0.3, -0.25) is 4.79 Å². The summed E-state index contributed by atoms with van der Waals surface area (Å²) in [5.41, 5.74) is 1.90. The summed E-state index contributed by atoms with van der Waals surface area (Å²) in [6, 6.07) is 10.1. The number of hydrogen-bond acceptors (Lipinski definition) is 4. The fourth-order valence-electron chi connectivity index (χ4n) is 4.32. The molecule has 1 aromatic carbocycles. The second kappa shape index (κ2) is 8.51. The fourth-order valence-corrected chi connectivity index (χ4v) is 5.79. The Morgan fingerprint density at radius 3 is 2.39 bits per heavy atom. The van der Waals surface area contributed by atoms with Gasteiger partial charge in [0.1, 0.15) is 11.4 Å². The van der Waals surface area contributed by atoms with Crippen molar-refractivity contribution < 1.29 is 13.2 Å². The Morgan fingerprint density at radius 2 is 1.77 bits per heavy atom. The van der Waals surface area contributed by atoms with Gasteiger partial charge in [-0.2, -0.15) is 4.31 Å². The van der Waals surface area contributed by atoms with Crippen molar-refractivity contribution in [3.8, 4) is 5.75 Å². The summed E-state index contributed by atoms with van der Waals surface area (Å²) < 4.78 is 35.4. The van der Waals surface area contributed by atoms with E-state index in [2.05, 4.69) is 15.7 Å². The molecule has 31 heavy (non-hydrogen) atoms. The first-order chi connectivity index (χ1) is 14.8. The normalized spacial score (nSPS) is 16.3. The van der Waals surface area contributed by atoms with E-state index >= 15 is 0 Å². The van der Waals surface area contributed by atoms with Gasteiger partial charge in [0.15, 0.2) is 0 Å². The highest BCUT2D eigenvalue weighted by Gasteiger charge is 2.31. The van der Waals surface area contributed by atoms with Crippen molar-refractivity contribution in [1.29, 1.82) is 0 Å². The molecule has 7 nitrogen and oxygen atoms in total. The molecule has 3 heterocycles. The molecule has 0 amide bonds. The number of fused-ring (bicyclic) bond motifs is 1. The van der Waals surface area contributed by atoms with E-state index in [0.717, 1.165) is 30.4 Å². The first kappa shape index (κ1) is 21.6. The van der Waals surface area contributed by atoms with Crippen LogP contribution < -0.4 is 10.3 Å². The number of piperidine rings is 1. The molecule has 0 saturated carbocycles. The molecular formula is C23H29N3O4S. The smallest absolute Gasteiger partial charge is 0.249 e. The van der Waals surface area contributed by atoms with E-state index in [1.165, 1.54) is 5.56 Å². The topological polar surface area (TPSA) is 84.4 Å². The van der Waals surface area contributed by atoms with Crippen LogP contribution >= 0.6 is 0 Å². The maximum atomic E-state index is 13.1. The Hall–Kier alpha value is -2.58. The van der Waals surface area contributed by atoms with Crippen LogP contribution in [-0.4, -0.2) is 41.5 Å². The zero-order valence-corrected chi connectivity index (χ0v) is 19.0. The molecule has 2 aromatic heterocycles. The molecule has 1 fully saturated rings. The van der Waals surface area contributed by atoms with Gasteiger partial charge in [0, 0.05) is 37.3 Å². The minimum absolute atomic E-state index is 0.0398. The maximum absolute atomic E-state index is 13.1. The van der Waals surface area contributed by atoms with Crippen LogP contribution in [0.5, 0.6) is 5.75 Å². The van der Waals surface area contributed by atoms with Gasteiger partial charge >= 0.3 is 0 Å². The number of aryl methyl sites for hydroxylation is 1. The van der Waals surface area contributed by atoms with Crippen LogP contribution in [-0.2, 0) is 16.6 Å². The van der Waals surface area contributed by atoms with Gasteiger partial charge in [0.05, 0.1) is 11.0 Å². The molecule has 4 rings (SSSR count). The Labute approximate surface area is 182 Å². The molecule has 1 aliphatic rings. The van der Waals surface area contributed by atoms with Crippen LogP contribution in [0.25, 0.3) is 11.0 Å². The van der Waals surface area contributed by atoms with E-state index in [1.54, 1.807) is 34.6 Å². The van der Waals surface area contributed by atoms with Crippen LogP contribution in [0.1, 0.15) is 45.1 Å². The van der Waals surface area contributed by atoms with Gasteiger partial charge in [-0.25, -0.2) is 8.42 Å². The van der Waals surface area contributed by atoms with Crippen molar-refractivity contribution >= 4 is 21.1 Å². The number of ether oxygens (including phenoxy) is 1. The Balaban J connectivity index is 1.51. The molecule has 1 saturated heterocycles. The lowest BCUT2D eigenvalue weighted by Crippen LogP contribution is -2.37. The number of aromatic amines is 1. The summed E-state index contributed by atoms with van der Waals surface area (Å²) >= 11 is 0. The van der Waals surface area contributed by atoms with E-state index in [-0.39, 0.29) is 17.6 Å². The van der Waals surface area contributed by atoms with Gasteiger partial charge in [-0.15, -0.1) is 0 Å². The third kappa shape index (κ3) is 4.27. The average Bonchev–Trinajstić information content (AvgIpc) is 3.11. The number of H-pyrrole nitrogens is 1. The highest BCUT2D eigenvalue weighted by atomic mass is 32.2. The van der Waals surface area contributed by atoms with Gasteiger partial charge in [0.25, 0.3) is 0 Å². The lowest BCUT2D eigenvalue weighted by molar-refractivity contribution is 0.242. The third-order valence-electron chi connectivity index (χ3n) is 5.86. The summed E-state index contributed by atoms with van der Waals surface area (Å²) in [5, 5.41) is 1.04. The number of pyridine rings is 1. The summed E-state index contributed by atoms with van der Waals surface area (Å²) in [7, 11) is -3.54. The van der Waals surface area contributed by atoms with Crippen LogP contribution in [0.4, 0.5) is 0 Å². The highest BCUT2D eigenvalue weighted by molar-refractivity contribution is 7.89. The monoisotopic (exact) mass is 443 g/mol. The second-order valence-corrected chi connectivity index (χ2v) is 10.2. The molecule has 0 unspecified atom stereocenters. The summed E-state index contributed by atoms with van der Waals surface area (Å²) in [5.74, 6) is 0.924. The minimum Gasteiger partial charge on any atom is -0.491 e. The summed E-state index contributed by atoms with van der Waals surface area (Å²) in [6.07, 6.45) is 3.63. The summed E-state index contributed by atoms with van der Waals surface area (Å²) in [6.45, 7) is 7.62. The Kier molecular flexibility index (Phi) is 5.94. The number of nitrogens with one attached hydrogen (secondary N) is 1. The van der Waals surface area contributed by atoms with E-state index in [4.69, 9.17) is 4.74 Å². The van der Waals surface area contributed by atoms with E-state index in [0.29, 0.717) is 23.7 Å². The zero-order chi connectivity index (χ0) is 22.2. The van der Waals surface area contributed by atoms with E-state index < -0.39 is 10.0 Å². The molecule has 0 radical (unpaired) electrons. The molecule has 1 aliphatic heterocycles. The predicted octanol–water partition coefficient (Wildman–Crippen LogP) is 3.71. The number of sulfonamides is 1. The second-order valence-electron chi connectivity index (χ2n) is 8.27. The van der Waals surface area contributed by atoms with E-state index in [9.17, 15) is 13.2 Å². The summed E-state index contributed by atoms with van der Waals surface area (Å²) in [4.78, 5) is 15.0. The molecule has 1 N–H and O–H groups in total. The third-order valence-corrected chi connectivity index (χ3v) is 7.77. The van der Waals surface area contributed by atoms with Crippen molar-refractivity contribution in [3.63, 3.8) is 0 Å². The molecule has 0 aliphatic carbocycles. The SMILES string of the molecule is CCn1cc(C2CCN(S(=O)(=O)c3ccc(OC(C)C)cc3)CC2)c2ccc(=O)[nH]c21. The van der Waals surface area contributed by atoms with Crippen LogP contribution in [0, 0.1) is 0 Å². The number of hydrogen-bond donors (Lipinski definition) is 1. The predicted molar refractivity (Wildman–Crippen MR) is 121 cm³/mol. The maximum Gasteiger partial charge on any atom is 0.249 e. The van der Waals surface area contributed by atoms with Crippen molar-refractivity contribution in [2.75, 3.05) is 13.1 Å². The van der Waals surface area contributed by atoms with Gasteiger partial charge in [-0.1, -0.05) is 0 Å². The number of benzene rings is 1. The molecule has 0 bridgehead atoms. The fraction of sp³-hybridized carbons (Fsp3) is 0.435. The molecule has 166 valence electrons.